The summed E-state index contributed by atoms with van der Waals surface area (Å²) in [6.07, 6.45) is 1.12. The summed E-state index contributed by atoms with van der Waals surface area (Å²) in [6.45, 7) is 0. The minimum absolute atomic E-state index is 0.613. The van der Waals surface area contributed by atoms with Crippen LogP contribution in [0.1, 0.15) is 16.5 Å². The van der Waals surface area contributed by atoms with Gasteiger partial charge in [-0.15, -0.1) is 11.3 Å². The van der Waals surface area contributed by atoms with Gasteiger partial charge in [0.05, 0.1) is 9.30 Å². The number of rotatable bonds is 2. The van der Waals surface area contributed by atoms with Gasteiger partial charge in [0.1, 0.15) is 6.10 Å². The van der Waals surface area contributed by atoms with Gasteiger partial charge < -0.3 is 5.11 Å². The molecule has 3 rings (SSSR count). The lowest BCUT2D eigenvalue weighted by molar-refractivity contribution is 0.224. The Hall–Kier alpha value is -1.23. The third-order valence-electron chi connectivity index (χ3n) is 2.79. The van der Waals surface area contributed by atoms with Gasteiger partial charge in [0, 0.05) is 22.0 Å². The van der Waals surface area contributed by atoms with Crippen LogP contribution in [-0.2, 0) is 0 Å². The number of hydrogen-bond donors (Lipinski definition) is 1. The SMILES string of the molecule is OC(c1cnc2ccccc2c1)c1ccc(Br)s1. The molecule has 0 saturated carbocycles. The Morgan fingerprint density at radius 3 is 2.78 bits per heavy atom. The van der Waals surface area contributed by atoms with Crippen LogP contribution >= 0.6 is 27.3 Å². The molecule has 1 N–H and O–H groups in total. The zero-order valence-corrected chi connectivity index (χ0v) is 11.8. The molecule has 0 amide bonds. The third-order valence-corrected chi connectivity index (χ3v) is 4.47. The van der Waals surface area contributed by atoms with Crippen molar-refractivity contribution in [1.29, 1.82) is 0 Å². The molecule has 1 aromatic carbocycles. The minimum Gasteiger partial charge on any atom is -0.383 e. The maximum Gasteiger partial charge on any atom is 0.115 e. The van der Waals surface area contributed by atoms with E-state index in [0.717, 1.165) is 25.1 Å². The smallest absolute Gasteiger partial charge is 0.115 e. The average Bonchev–Trinajstić information content (AvgIpc) is 2.84. The summed E-state index contributed by atoms with van der Waals surface area (Å²) in [5.41, 5.74) is 1.77. The largest absolute Gasteiger partial charge is 0.383 e. The van der Waals surface area contributed by atoms with Gasteiger partial charge in [-0.2, -0.15) is 0 Å². The predicted octanol–water partition coefficient (Wildman–Crippen LogP) is 4.14. The van der Waals surface area contributed by atoms with Crippen molar-refractivity contribution in [3.05, 3.63) is 62.9 Å². The van der Waals surface area contributed by atoms with E-state index in [2.05, 4.69) is 20.9 Å². The van der Waals surface area contributed by atoms with Crippen molar-refractivity contribution in [3.63, 3.8) is 0 Å². The number of aliphatic hydroxyl groups is 1. The van der Waals surface area contributed by atoms with Gasteiger partial charge in [0.2, 0.25) is 0 Å². The molecule has 1 atom stereocenters. The second-order valence-electron chi connectivity index (χ2n) is 4.01. The second kappa shape index (κ2) is 4.80. The highest BCUT2D eigenvalue weighted by molar-refractivity contribution is 9.11. The van der Waals surface area contributed by atoms with Crippen LogP contribution < -0.4 is 0 Å². The Morgan fingerprint density at radius 1 is 1.17 bits per heavy atom. The first-order valence-electron chi connectivity index (χ1n) is 5.52. The van der Waals surface area contributed by atoms with Crippen molar-refractivity contribution in [2.75, 3.05) is 0 Å². The zero-order chi connectivity index (χ0) is 12.5. The lowest BCUT2D eigenvalue weighted by atomic mass is 10.1. The maximum atomic E-state index is 10.3. The molecule has 0 bridgehead atoms. The van der Waals surface area contributed by atoms with Gasteiger partial charge in [0.25, 0.3) is 0 Å². The maximum absolute atomic E-state index is 10.3. The van der Waals surface area contributed by atoms with Crippen molar-refractivity contribution >= 4 is 38.2 Å². The molecule has 3 aromatic rings. The van der Waals surface area contributed by atoms with E-state index < -0.39 is 6.10 Å². The van der Waals surface area contributed by atoms with E-state index in [1.165, 1.54) is 11.3 Å². The molecule has 4 heteroatoms. The number of halogens is 1. The molecule has 2 nitrogen and oxygen atoms in total. The van der Waals surface area contributed by atoms with Gasteiger partial charge in [-0.25, -0.2) is 0 Å². The highest BCUT2D eigenvalue weighted by Crippen LogP contribution is 2.31. The molecule has 0 aliphatic heterocycles. The van der Waals surface area contributed by atoms with Crippen LogP contribution in [0.4, 0.5) is 0 Å². The van der Waals surface area contributed by atoms with Crippen LogP contribution in [0, 0.1) is 0 Å². The number of para-hydroxylation sites is 1. The number of benzene rings is 1. The quantitative estimate of drug-likeness (QED) is 0.770. The summed E-state index contributed by atoms with van der Waals surface area (Å²) in [5.74, 6) is 0. The fourth-order valence-electron chi connectivity index (χ4n) is 1.88. The van der Waals surface area contributed by atoms with Crippen LogP contribution in [0.3, 0.4) is 0 Å². The number of hydrogen-bond acceptors (Lipinski definition) is 3. The Kier molecular flexibility index (Phi) is 3.16. The number of aromatic nitrogens is 1. The van der Waals surface area contributed by atoms with Gasteiger partial charge in [-0.1, -0.05) is 18.2 Å². The number of nitrogens with zero attached hydrogens (tertiary/aromatic N) is 1. The van der Waals surface area contributed by atoms with Crippen LogP contribution in [0.5, 0.6) is 0 Å². The molecule has 1 unspecified atom stereocenters. The van der Waals surface area contributed by atoms with Crippen LogP contribution in [0.25, 0.3) is 10.9 Å². The van der Waals surface area contributed by atoms with E-state index >= 15 is 0 Å². The molecule has 0 radical (unpaired) electrons. The highest BCUT2D eigenvalue weighted by atomic mass is 79.9. The van der Waals surface area contributed by atoms with E-state index in [1.807, 2.05) is 42.5 Å². The Bertz CT molecular complexity index is 695. The summed E-state index contributed by atoms with van der Waals surface area (Å²) in [5, 5.41) is 11.4. The lowest BCUT2D eigenvalue weighted by Gasteiger charge is -2.09. The van der Waals surface area contributed by atoms with Crippen molar-refractivity contribution in [2.45, 2.75) is 6.10 Å². The third kappa shape index (κ3) is 2.19. The van der Waals surface area contributed by atoms with Crippen molar-refractivity contribution in [2.24, 2.45) is 0 Å². The van der Waals surface area contributed by atoms with Gasteiger partial charge in [-0.05, 0) is 40.2 Å². The van der Waals surface area contributed by atoms with Crippen LogP contribution in [-0.4, -0.2) is 10.1 Å². The normalized spacial score (nSPS) is 12.8. The Balaban J connectivity index is 2.03. The topological polar surface area (TPSA) is 33.1 Å². The van der Waals surface area contributed by atoms with Crippen molar-refractivity contribution in [1.82, 2.24) is 4.98 Å². The van der Waals surface area contributed by atoms with E-state index in [1.54, 1.807) is 6.20 Å². The number of pyridine rings is 1. The average molecular weight is 320 g/mol. The zero-order valence-electron chi connectivity index (χ0n) is 9.38. The number of thiophene rings is 1. The molecular formula is C14H10BrNOS. The Morgan fingerprint density at radius 2 is 2.00 bits per heavy atom. The second-order valence-corrected chi connectivity index (χ2v) is 6.50. The standard InChI is InChI=1S/C14H10BrNOS/c15-13-6-5-12(18-13)14(17)10-7-9-3-1-2-4-11(9)16-8-10/h1-8,14,17H. The molecule has 0 fully saturated rings. The summed E-state index contributed by atoms with van der Waals surface area (Å²) in [7, 11) is 0. The van der Waals surface area contributed by atoms with Gasteiger partial charge in [0.15, 0.2) is 0 Å². The molecule has 90 valence electrons. The van der Waals surface area contributed by atoms with Gasteiger partial charge in [-0.3, -0.25) is 4.98 Å². The first-order chi connectivity index (χ1) is 8.74. The fraction of sp³-hybridized carbons (Fsp3) is 0.0714. The van der Waals surface area contributed by atoms with Crippen molar-refractivity contribution < 1.29 is 5.11 Å². The number of aliphatic hydroxyl groups excluding tert-OH is 1. The van der Waals surface area contributed by atoms with E-state index in [9.17, 15) is 5.11 Å². The predicted molar refractivity (Wildman–Crippen MR) is 77.8 cm³/mol. The summed E-state index contributed by atoms with van der Waals surface area (Å²) in [6, 6.07) is 13.8. The lowest BCUT2D eigenvalue weighted by Crippen LogP contribution is -1.97. The molecule has 2 aromatic heterocycles. The molecule has 0 aliphatic rings. The molecule has 2 heterocycles. The van der Waals surface area contributed by atoms with E-state index in [0.29, 0.717) is 0 Å². The molecule has 18 heavy (non-hydrogen) atoms. The van der Waals surface area contributed by atoms with Crippen LogP contribution in [0.2, 0.25) is 0 Å². The summed E-state index contributed by atoms with van der Waals surface area (Å²) >= 11 is 4.94. The van der Waals surface area contributed by atoms with Crippen LogP contribution in [0.15, 0.2) is 52.4 Å². The Labute approximate surface area is 117 Å². The monoisotopic (exact) mass is 319 g/mol. The molecule has 0 spiro atoms. The first kappa shape index (κ1) is 11.8. The first-order valence-corrected chi connectivity index (χ1v) is 7.13. The molecule has 0 aliphatic carbocycles. The van der Waals surface area contributed by atoms with E-state index in [-0.39, 0.29) is 0 Å². The minimum atomic E-state index is -0.613. The summed E-state index contributed by atoms with van der Waals surface area (Å²) < 4.78 is 1.02. The van der Waals surface area contributed by atoms with Gasteiger partial charge >= 0.3 is 0 Å². The molecular weight excluding hydrogens is 310 g/mol. The molecule has 0 saturated heterocycles. The summed E-state index contributed by atoms with van der Waals surface area (Å²) in [4.78, 5) is 5.28. The van der Waals surface area contributed by atoms with Crippen molar-refractivity contribution in [3.8, 4) is 0 Å². The number of fused-ring (bicyclic) bond motifs is 1. The highest BCUT2D eigenvalue weighted by Gasteiger charge is 2.13. The van der Waals surface area contributed by atoms with E-state index in [4.69, 9.17) is 0 Å². The fourth-order valence-corrected chi connectivity index (χ4v) is 3.32.